The first-order chi connectivity index (χ1) is 10.7. The molecule has 0 aliphatic heterocycles. The number of aromatic nitrogens is 2. The Hall–Kier alpha value is -2.69. The third-order valence-corrected chi connectivity index (χ3v) is 3.61. The Bertz CT molecular complexity index is 846. The molecule has 112 valence electrons. The number of para-hydroxylation sites is 3. The normalized spacial score (nSPS) is 11.0. The third kappa shape index (κ3) is 2.70. The van der Waals surface area contributed by atoms with E-state index in [2.05, 4.69) is 4.57 Å². The summed E-state index contributed by atoms with van der Waals surface area (Å²) < 4.78 is 7.82. The lowest BCUT2D eigenvalue weighted by Gasteiger charge is -2.08. The van der Waals surface area contributed by atoms with Crippen LogP contribution in [0.25, 0.3) is 22.1 Å². The minimum absolute atomic E-state index is 0.106. The van der Waals surface area contributed by atoms with Crippen molar-refractivity contribution in [3.05, 3.63) is 42.5 Å². The maximum absolute atomic E-state index is 10.5. The molecule has 0 unspecified atom stereocenters. The van der Waals surface area contributed by atoms with Crippen LogP contribution < -0.4 is 9.30 Å². The van der Waals surface area contributed by atoms with Crippen molar-refractivity contribution in [1.29, 1.82) is 0 Å². The van der Waals surface area contributed by atoms with E-state index in [1.165, 1.54) is 0 Å². The van der Waals surface area contributed by atoms with Crippen LogP contribution in [0.4, 0.5) is 0 Å². The molecule has 22 heavy (non-hydrogen) atoms. The van der Waals surface area contributed by atoms with E-state index in [1.54, 1.807) is 0 Å². The van der Waals surface area contributed by atoms with Gasteiger partial charge in [0.2, 0.25) is 11.0 Å². The summed E-state index contributed by atoms with van der Waals surface area (Å²) >= 11 is 0. The molecule has 0 fully saturated rings. The van der Waals surface area contributed by atoms with Crippen LogP contribution in [0.2, 0.25) is 0 Å². The van der Waals surface area contributed by atoms with Crippen molar-refractivity contribution < 1.29 is 19.2 Å². The van der Waals surface area contributed by atoms with E-state index in [4.69, 9.17) is 14.8 Å². The average Bonchev–Trinajstić information content (AvgIpc) is 2.52. The van der Waals surface area contributed by atoms with Crippen LogP contribution in [0.5, 0.6) is 5.75 Å². The molecule has 0 aliphatic carbocycles. The van der Waals surface area contributed by atoms with Gasteiger partial charge in [0.05, 0.1) is 6.61 Å². The number of carboxylic acids is 1. The largest absolute Gasteiger partial charge is 0.491 e. The molecule has 1 aromatic heterocycles. The maximum Gasteiger partial charge on any atom is 0.303 e. The van der Waals surface area contributed by atoms with E-state index in [0.717, 1.165) is 22.1 Å². The number of aryl methyl sites for hydroxylation is 1. The van der Waals surface area contributed by atoms with Gasteiger partial charge in [-0.05, 0) is 18.6 Å². The van der Waals surface area contributed by atoms with Gasteiger partial charge < -0.3 is 9.84 Å². The summed E-state index contributed by atoms with van der Waals surface area (Å²) in [7, 11) is 2.00. The summed E-state index contributed by atoms with van der Waals surface area (Å²) in [4.78, 5) is 15.2. The van der Waals surface area contributed by atoms with Crippen molar-refractivity contribution in [1.82, 2.24) is 4.98 Å². The molecule has 0 atom stereocenters. The smallest absolute Gasteiger partial charge is 0.303 e. The molecule has 0 aliphatic rings. The van der Waals surface area contributed by atoms with Crippen molar-refractivity contribution in [2.75, 3.05) is 6.61 Å². The van der Waals surface area contributed by atoms with E-state index >= 15 is 0 Å². The predicted octanol–water partition coefficient (Wildman–Crippen LogP) is 2.46. The highest BCUT2D eigenvalue weighted by Crippen LogP contribution is 2.23. The lowest BCUT2D eigenvalue weighted by Crippen LogP contribution is -2.30. The molecule has 1 N–H and O–H groups in total. The van der Waals surface area contributed by atoms with Gasteiger partial charge in [-0.25, -0.2) is 4.98 Å². The lowest BCUT2D eigenvalue weighted by atomic mass is 10.2. The van der Waals surface area contributed by atoms with E-state index in [9.17, 15) is 4.79 Å². The molecule has 0 radical (unpaired) electrons. The van der Waals surface area contributed by atoms with Gasteiger partial charge in [-0.1, -0.05) is 18.2 Å². The second kappa shape index (κ2) is 5.97. The molecule has 0 saturated carbocycles. The van der Waals surface area contributed by atoms with E-state index in [1.807, 2.05) is 49.5 Å². The van der Waals surface area contributed by atoms with Crippen LogP contribution in [-0.2, 0) is 11.8 Å². The van der Waals surface area contributed by atoms with Crippen molar-refractivity contribution >= 4 is 28.0 Å². The van der Waals surface area contributed by atoms with Crippen LogP contribution in [0.15, 0.2) is 42.5 Å². The summed E-state index contributed by atoms with van der Waals surface area (Å²) in [6.45, 7) is 0.365. The van der Waals surface area contributed by atoms with Crippen LogP contribution in [0, 0.1) is 0 Å². The summed E-state index contributed by atoms with van der Waals surface area (Å²) in [6, 6.07) is 13.7. The number of benzene rings is 2. The SMILES string of the molecule is C[n+]1c2ccccc2nc2c(OCCCC(=O)O)cccc21. The number of carboxylic acid groups (broad SMARTS) is 1. The molecular weight excluding hydrogens is 280 g/mol. The zero-order valence-electron chi connectivity index (χ0n) is 12.3. The molecule has 0 saturated heterocycles. The first-order valence-corrected chi connectivity index (χ1v) is 7.19. The lowest BCUT2D eigenvalue weighted by molar-refractivity contribution is -0.617. The highest BCUT2D eigenvalue weighted by molar-refractivity contribution is 5.85. The van der Waals surface area contributed by atoms with Gasteiger partial charge in [-0.15, -0.1) is 0 Å². The van der Waals surface area contributed by atoms with Gasteiger partial charge >= 0.3 is 5.97 Å². The number of aliphatic carboxylic acids is 1. The molecule has 0 bridgehead atoms. The predicted molar refractivity (Wildman–Crippen MR) is 82.8 cm³/mol. The Kier molecular flexibility index (Phi) is 3.87. The van der Waals surface area contributed by atoms with Gasteiger partial charge in [0.1, 0.15) is 12.6 Å². The molecule has 5 nitrogen and oxygen atoms in total. The minimum Gasteiger partial charge on any atom is -0.491 e. The van der Waals surface area contributed by atoms with Crippen molar-refractivity contribution in [2.24, 2.45) is 7.05 Å². The minimum atomic E-state index is -0.808. The maximum atomic E-state index is 10.5. The third-order valence-electron chi connectivity index (χ3n) is 3.61. The molecule has 5 heteroatoms. The number of hydrogen-bond acceptors (Lipinski definition) is 3. The number of fused-ring (bicyclic) bond motifs is 2. The van der Waals surface area contributed by atoms with Gasteiger partial charge in [-0.2, -0.15) is 4.57 Å². The van der Waals surface area contributed by atoms with E-state index in [0.29, 0.717) is 18.8 Å². The van der Waals surface area contributed by atoms with Crippen molar-refractivity contribution in [2.45, 2.75) is 12.8 Å². The fourth-order valence-electron chi connectivity index (χ4n) is 2.51. The molecule has 2 aromatic carbocycles. The Balaban J connectivity index is 1.99. The van der Waals surface area contributed by atoms with Gasteiger partial charge in [-0.3, -0.25) is 4.79 Å². The zero-order valence-corrected chi connectivity index (χ0v) is 12.3. The number of nitrogens with zero attached hydrogens (tertiary/aromatic N) is 2. The Morgan fingerprint density at radius 2 is 1.95 bits per heavy atom. The average molecular weight is 297 g/mol. The van der Waals surface area contributed by atoms with Gasteiger partial charge in [0.25, 0.3) is 0 Å². The highest BCUT2D eigenvalue weighted by Gasteiger charge is 2.15. The Labute approximate surface area is 127 Å². The second-order valence-electron chi connectivity index (χ2n) is 5.13. The fraction of sp³-hybridized carbons (Fsp3) is 0.235. The van der Waals surface area contributed by atoms with Crippen LogP contribution in [-0.4, -0.2) is 22.7 Å². The van der Waals surface area contributed by atoms with Crippen molar-refractivity contribution in [3.8, 4) is 5.75 Å². The molecular formula is C17H17N2O3+. The topological polar surface area (TPSA) is 63.3 Å². The summed E-state index contributed by atoms with van der Waals surface area (Å²) in [5.74, 6) is -0.124. The number of rotatable bonds is 5. The summed E-state index contributed by atoms with van der Waals surface area (Å²) in [5, 5.41) is 8.67. The van der Waals surface area contributed by atoms with Crippen molar-refractivity contribution in [3.63, 3.8) is 0 Å². The molecule has 0 spiro atoms. The first-order valence-electron chi connectivity index (χ1n) is 7.19. The molecule has 0 amide bonds. The van der Waals surface area contributed by atoms with E-state index in [-0.39, 0.29) is 6.42 Å². The fourth-order valence-corrected chi connectivity index (χ4v) is 2.51. The first kappa shape index (κ1) is 14.3. The zero-order chi connectivity index (χ0) is 15.5. The number of carbonyl (C=O) groups is 1. The molecule has 1 heterocycles. The quantitative estimate of drug-likeness (QED) is 0.446. The Morgan fingerprint density at radius 3 is 2.77 bits per heavy atom. The number of ether oxygens (including phenoxy) is 1. The number of hydrogen-bond donors (Lipinski definition) is 1. The highest BCUT2D eigenvalue weighted by atomic mass is 16.5. The standard InChI is InChI=1S/C17H16N2O3/c1-19-13-7-3-2-6-12(13)18-17-14(19)8-4-9-15(17)22-11-5-10-16(20)21/h2-4,6-9H,5,10-11H2,1H3/p+1. The van der Waals surface area contributed by atoms with Crippen LogP contribution in [0.3, 0.4) is 0 Å². The Morgan fingerprint density at radius 1 is 1.18 bits per heavy atom. The van der Waals surface area contributed by atoms with Gasteiger partial charge in [0, 0.05) is 18.6 Å². The summed E-state index contributed by atoms with van der Waals surface area (Å²) in [6.07, 6.45) is 0.584. The van der Waals surface area contributed by atoms with Crippen LogP contribution >= 0.6 is 0 Å². The van der Waals surface area contributed by atoms with Gasteiger partial charge in [0.15, 0.2) is 11.3 Å². The van der Waals surface area contributed by atoms with E-state index < -0.39 is 5.97 Å². The second-order valence-corrected chi connectivity index (χ2v) is 5.13. The molecule has 3 rings (SSSR count). The monoisotopic (exact) mass is 297 g/mol. The summed E-state index contributed by atoms with van der Waals surface area (Å²) in [5.41, 5.74) is 3.73. The molecule has 3 aromatic rings. The van der Waals surface area contributed by atoms with Crippen LogP contribution in [0.1, 0.15) is 12.8 Å².